The molecule has 0 aliphatic carbocycles. The highest BCUT2D eigenvalue weighted by Gasteiger charge is 2.31. The second kappa shape index (κ2) is 13.3. The Morgan fingerprint density at radius 3 is 2.24 bits per heavy atom. The smallest absolute Gasteiger partial charge is 0.251 e. The molecule has 1 saturated heterocycles. The van der Waals surface area contributed by atoms with Crippen molar-refractivity contribution in [3.8, 4) is 5.75 Å². The highest BCUT2D eigenvalue weighted by atomic mass is 35.5. The topological polar surface area (TPSA) is 82.5 Å². The molecule has 200 valence electrons. The minimum atomic E-state index is -0.735. The number of hydrogen-bond donors (Lipinski definition) is 1. The standard InChI is InChI=1S/C29H32ClN3O5/c1-37-27-13-11-26(12-14-27)33(36)28(34)19-23(21-38-20-22-5-3-2-4-6-22)29(35)32-17-15-31(16-18-32)25-9-7-24(30)8-10-25/h2-14,23,36H,15-21H2,1H3/t23-/m0/s1. The zero-order valence-electron chi connectivity index (χ0n) is 21.3. The van der Waals surface area contributed by atoms with Gasteiger partial charge in [-0.2, -0.15) is 5.06 Å². The second-order valence-corrected chi connectivity index (χ2v) is 9.53. The Morgan fingerprint density at radius 1 is 0.947 bits per heavy atom. The summed E-state index contributed by atoms with van der Waals surface area (Å²) in [5, 5.41) is 11.8. The molecule has 1 fully saturated rings. The molecule has 2 amide bonds. The molecule has 0 radical (unpaired) electrons. The lowest BCUT2D eigenvalue weighted by atomic mass is 10.0. The molecule has 8 nitrogen and oxygen atoms in total. The fourth-order valence-corrected chi connectivity index (χ4v) is 4.50. The molecular formula is C29H32ClN3O5. The Hall–Kier alpha value is -3.59. The fourth-order valence-electron chi connectivity index (χ4n) is 4.37. The normalized spacial score (nSPS) is 14.2. The Balaban J connectivity index is 1.40. The maximum Gasteiger partial charge on any atom is 0.251 e. The van der Waals surface area contributed by atoms with Gasteiger partial charge in [0, 0.05) is 43.3 Å². The summed E-state index contributed by atoms with van der Waals surface area (Å²) in [4.78, 5) is 30.5. The molecular weight excluding hydrogens is 506 g/mol. The van der Waals surface area contributed by atoms with Crippen molar-refractivity contribution in [3.63, 3.8) is 0 Å². The number of carbonyl (C=O) groups excluding carboxylic acids is 2. The van der Waals surface area contributed by atoms with Crippen LogP contribution < -0.4 is 14.7 Å². The number of hydroxylamine groups is 1. The number of piperazine rings is 1. The lowest BCUT2D eigenvalue weighted by Gasteiger charge is -2.37. The third-order valence-electron chi connectivity index (χ3n) is 6.54. The van der Waals surface area contributed by atoms with Crippen LogP contribution in [0.1, 0.15) is 12.0 Å². The molecule has 1 N–H and O–H groups in total. The first-order chi connectivity index (χ1) is 18.4. The second-order valence-electron chi connectivity index (χ2n) is 9.09. The molecule has 38 heavy (non-hydrogen) atoms. The number of ether oxygens (including phenoxy) is 2. The van der Waals surface area contributed by atoms with Crippen molar-refractivity contribution in [1.29, 1.82) is 0 Å². The highest BCUT2D eigenvalue weighted by Crippen LogP contribution is 2.23. The van der Waals surface area contributed by atoms with E-state index in [-0.39, 0.29) is 18.9 Å². The van der Waals surface area contributed by atoms with Gasteiger partial charge in [0.1, 0.15) is 5.75 Å². The first-order valence-corrected chi connectivity index (χ1v) is 12.9. The van der Waals surface area contributed by atoms with Crippen LogP contribution in [0.15, 0.2) is 78.9 Å². The van der Waals surface area contributed by atoms with Crippen molar-refractivity contribution in [2.75, 3.05) is 49.9 Å². The molecule has 4 rings (SSSR count). The van der Waals surface area contributed by atoms with Crippen LogP contribution in [0.3, 0.4) is 0 Å². The van der Waals surface area contributed by atoms with Gasteiger partial charge >= 0.3 is 0 Å². The first-order valence-electron chi connectivity index (χ1n) is 12.5. The van der Waals surface area contributed by atoms with E-state index in [1.54, 1.807) is 29.2 Å². The number of hydrogen-bond acceptors (Lipinski definition) is 6. The van der Waals surface area contributed by atoms with Gasteiger partial charge in [-0.1, -0.05) is 41.9 Å². The van der Waals surface area contributed by atoms with E-state index in [1.807, 2.05) is 54.6 Å². The summed E-state index contributed by atoms with van der Waals surface area (Å²) < 4.78 is 11.0. The quantitative estimate of drug-likeness (QED) is 0.300. The van der Waals surface area contributed by atoms with E-state index in [9.17, 15) is 14.8 Å². The summed E-state index contributed by atoms with van der Waals surface area (Å²) in [5.41, 5.74) is 2.32. The van der Waals surface area contributed by atoms with Crippen molar-refractivity contribution in [2.24, 2.45) is 5.92 Å². The fraction of sp³-hybridized carbons (Fsp3) is 0.310. The van der Waals surface area contributed by atoms with Crippen LogP contribution in [0, 0.1) is 5.92 Å². The summed E-state index contributed by atoms with van der Waals surface area (Å²) in [7, 11) is 1.54. The Kier molecular flexibility index (Phi) is 9.59. The molecule has 3 aromatic carbocycles. The number of benzene rings is 3. The zero-order valence-corrected chi connectivity index (χ0v) is 22.1. The van der Waals surface area contributed by atoms with E-state index < -0.39 is 11.8 Å². The lowest BCUT2D eigenvalue weighted by molar-refractivity contribution is -0.141. The van der Waals surface area contributed by atoms with Crippen molar-refractivity contribution < 1.29 is 24.3 Å². The van der Waals surface area contributed by atoms with Crippen LogP contribution in [0.2, 0.25) is 5.02 Å². The third kappa shape index (κ3) is 7.25. The number of amides is 2. The summed E-state index contributed by atoms with van der Waals surface area (Å²) in [6.07, 6.45) is -0.187. The summed E-state index contributed by atoms with van der Waals surface area (Å²) in [5.74, 6) is -0.877. The number of rotatable bonds is 10. The summed E-state index contributed by atoms with van der Waals surface area (Å²) >= 11 is 6.01. The third-order valence-corrected chi connectivity index (χ3v) is 6.79. The SMILES string of the molecule is COc1ccc(N(O)C(=O)C[C@@H](COCc2ccccc2)C(=O)N2CCN(c3ccc(Cl)cc3)CC2)cc1. The molecule has 3 aromatic rings. The van der Waals surface area contributed by atoms with Crippen molar-refractivity contribution in [1.82, 2.24) is 4.90 Å². The van der Waals surface area contributed by atoms with Gasteiger partial charge in [-0.05, 0) is 54.1 Å². The number of carbonyl (C=O) groups is 2. The largest absolute Gasteiger partial charge is 0.497 e. The molecule has 1 atom stereocenters. The van der Waals surface area contributed by atoms with E-state index in [2.05, 4.69) is 4.90 Å². The summed E-state index contributed by atoms with van der Waals surface area (Å²) in [6, 6.07) is 23.7. The average Bonchev–Trinajstić information content (AvgIpc) is 2.97. The van der Waals surface area contributed by atoms with Crippen LogP contribution >= 0.6 is 11.6 Å². The Bertz CT molecular complexity index is 1180. The Labute approximate surface area is 227 Å². The van der Waals surface area contributed by atoms with E-state index >= 15 is 0 Å². The van der Waals surface area contributed by atoms with Gasteiger partial charge in [-0.3, -0.25) is 14.8 Å². The molecule has 1 aliphatic rings. The van der Waals surface area contributed by atoms with Gasteiger partial charge in [0.25, 0.3) is 5.91 Å². The van der Waals surface area contributed by atoms with Gasteiger partial charge in [0.2, 0.25) is 5.91 Å². The molecule has 0 unspecified atom stereocenters. The summed E-state index contributed by atoms with van der Waals surface area (Å²) in [6.45, 7) is 2.75. The number of anilines is 2. The first kappa shape index (κ1) is 27.4. The van der Waals surface area contributed by atoms with Crippen molar-refractivity contribution in [3.05, 3.63) is 89.4 Å². The minimum Gasteiger partial charge on any atom is -0.497 e. The molecule has 9 heteroatoms. The van der Waals surface area contributed by atoms with E-state index in [0.717, 1.165) is 11.3 Å². The van der Waals surface area contributed by atoms with E-state index in [0.29, 0.717) is 54.3 Å². The maximum atomic E-state index is 13.5. The van der Waals surface area contributed by atoms with E-state index in [1.165, 1.54) is 7.11 Å². The number of methoxy groups -OCH3 is 1. The monoisotopic (exact) mass is 537 g/mol. The molecule has 0 spiro atoms. The van der Waals surface area contributed by atoms with Gasteiger partial charge in [-0.15, -0.1) is 0 Å². The van der Waals surface area contributed by atoms with Gasteiger partial charge in [-0.25, -0.2) is 0 Å². The molecule has 0 aromatic heterocycles. The van der Waals surface area contributed by atoms with Crippen LogP contribution in [0.4, 0.5) is 11.4 Å². The maximum absolute atomic E-state index is 13.5. The molecule has 0 saturated carbocycles. The Morgan fingerprint density at radius 2 is 1.61 bits per heavy atom. The molecule has 1 heterocycles. The van der Waals surface area contributed by atoms with Crippen molar-refractivity contribution in [2.45, 2.75) is 13.0 Å². The number of halogens is 1. The van der Waals surface area contributed by atoms with Gasteiger partial charge < -0.3 is 19.3 Å². The highest BCUT2D eigenvalue weighted by molar-refractivity contribution is 6.30. The lowest BCUT2D eigenvalue weighted by Crippen LogP contribution is -2.51. The predicted octanol–water partition coefficient (Wildman–Crippen LogP) is 4.64. The minimum absolute atomic E-state index is 0.0628. The van der Waals surface area contributed by atoms with Gasteiger partial charge in [0.15, 0.2) is 0 Å². The van der Waals surface area contributed by atoms with Crippen LogP contribution in [0.25, 0.3) is 0 Å². The zero-order chi connectivity index (χ0) is 26.9. The van der Waals surface area contributed by atoms with Gasteiger partial charge in [0.05, 0.1) is 31.9 Å². The van der Waals surface area contributed by atoms with Crippen molar-refractivity contribution >= 4 is 34.8 Å². The molecule has 0 bridgehead atoms. The predicted molar refractivity (Wildman–Crippen MR) is 147 cm³/mol. The van der Waals surface area contributed by atoms with E-state index in [4.69, 9.17) is 21.1 Å². The van der Waals surface area contributed by atoms with Crippen LogP contribution in [-0.4, -0.2) is 61.8 Å². The molecule has 1 aliphatic heterocycles. The average molecular weight is 538 g/mol. The van der Waals surface area contributed by atoms with Crippen LogP contribution in [0.5, 0.6) is 5.75 Å². The van der Waals surface area contributed by atoms with Crippen LogP contribution in [-0.2, 0) is 20.9 Å². The number of nitrogens with zero attached hydrogens (tertiary/aromatic N) is 3.